The minimum atomic E-state index is -0.512. The number of carbonyl (C=O) groups excluding carboxylic acids is 1. The van der Waals surface area contributed by atoms with Gasteiger partial charge in [-0.2, -0.15) is 4.99 Å². The van der Waals surface area contributed by atoms with Crippen molar-refractivity contribution in [2.75, 3.05) is 11.5 Å². The van der Waals surface area contributed by atoms with Crippen molar-refractivity contribution < 1.29 is 9.53 Å². The Morgan fingerprint density at radius 1 is 1.29 bits per heavy atom. The fourth-order valence-electron chi connectivity index (χ4n) is 3.48. The first kappa shape index (κ1) is 16.3. The van der Waals surface area contributed by atoms with Gasteiger partial charge in [0.15, 0.2) is 0 Å². The van der Waals surface area contributed by atoms with E-state index in [1.54, 1.807) is 19.1 Å². The van der Waals surface area contributed by atoms with Crippen molar-refractivity contribution in [2.45, 2.75) is 44.7 Å². The lowest BCUT2D eigenvalue weighted by Gasteiger charge is -2.45. The van der Waals surface area contributed by atoms with E-state index in [2.05, 4.69) is 9.98 Å². The Labute approximate surface area is 141 Å². The lowest BCUT2D eigenvalue weighted by atomic mass is 9.87. The molecule has 0 amide bonds. The van der Waals surface area contributed by atoms with Gasteiger partial charge in [-0.1, -0.05) is 12.5 Å². The van der Waals surface area contributed by atoms with Crippen LogP contribution in [0, 0.1) is 0 Å². The van der Waals surface area contributed by atoms with Crippen molar-refractivity contribution >= 4 is 23.6 Å². The maximum Gasteiger partial charge on any atom is 0.338 e. The molecule has 1 fully saturated rings. The van der Waals surface area contributed by atoms with Crippen LogP contribution in [0.25, 0.3) is 0 Å². The molecule has 4 N–H and O–H groups in total. The van der Waals surface area contributed by atoms with Crippen LogP contribution in [0.2, 0.25) is 0 Å². The minimum absolute atomic E-state index is 0.215. The zero-order valence-corrected chi connectivity index (χ0v) is 13.9. The van der Waals surface area contributed by atoms with E-state index < -0.39 is 5.66 Å². The van der Waals surface area contributed by atoms with Gasteiger partial charge in [0.05, 0.1) is 12.2 Å². The number of esters is 1. The molecule has 1 aromatic rings. The quantitative estimate of drug-likeness (QED) is 0.825. The normalized spacial score (nSPS) is 19.6. The first-order valence-electron chi connectivity index (χ1n) is 8.33. The number of nitrogens with two attached hydrogens (primary N) is 2. The van der Waals surface area contributed by atoms with Gasteiger partial charge < -0.3 is 16.2 Å². The predicted octanol–water partition coefficient (Wildman–Crippen LogP) is 1.97. The molecule has 1 aromatic carbocycles. The van der Waals surface area contributed by atoms with Gasteiger partial charge >= 0.3 is 5.97 Å². The number of nitrogens with zero attached hydrogens (tertiary/aromatic N) is 3. The molecule has 128 valence electrons. The number of ether oxygens (including phenoxy) is 1. The molecular weight excluding hydrogens is 306 g/mol. The van der Waals surface area contributed by atoms with Crippen LogP contribution in [0.3, 0.4) is 0 Å². The largest absolute Gasteiger partial charge is 0.462 e. The molecule has 0 bridgehead atoms. The third kappa shape index (κ3) is 2.93. The number of guanidine groups is 2. The van der Waals surface area contributed by atoms with E-state index in [4.69, 9.17) is 16.2 Å². The molecule has 0 unspecified atom stereocenters. The molecule has 7 nitrogen and oxygen atoms in total. The van der Waals surface area contributed by atoms with E-state index in [0.717, 1.165) is 31.4 Å². The van der Waals surface area contributed by atoms with Crippen molar-refractivity contribution in [3.8, 4) is 0 Å². The maximum absolute atomic E-state index is 12.0. The van der Waals surface area contributed by atoms with Crippen molar-refractivity contribution in [1.82, 2.24) is 0 Å². The van der Waals surface area contributed by atoms with Gasteiger partial charge in [0.1, 0.15) is 5.66 Å². The van der Waals surface area contributed by atoms with Crippen LogP contribution >= 0.6 is 0 Å². The first-order valence-corrected chi connectivity index (χ1v) is 8.33. The van der Waals surface area contributed by atoms with Gasteiger partial charge in [-0.05, 0) is 50.8 Å². The summed E-state index contributed by atoms with van der Waals surface area (Å²) in [6.45, 7) is 2.12. The van der Waals surface area contributed by atoms with Crippen LogP contribution in [0.5, 0.6) is 0 Å². The summed E-state index contributed by atoms with van der Waals surface area (Å²) in [6, 6.07) is 7.21. The Morgan fingerprint density at radius 2 is 2.04 bits per heavy atom. The van der Waals surface area contributed by atoms with E-state index in [-0.39, 0.29) is 11.9 Å². The molecule has 1 aliphatic carbocycles. The standard InChI is InChI=1S/C17H23N5O2/c1-2-24-14(23)12-7-6-8-13(11-12)22-16(19)20-15(18)21-17(22)9-4-3-5-10-17/h6-8,11H,2-5,9-10H2,1H3,(H4,18,19,20,21). The van der Waals surface area contributed by atoms with E-state index in [1.165, 1.54) is 6.42 Å². The molecule has 3 rings (SSSR count). The highest BCUT2D eigenvalue weighted by molar-refractivity contribution is 6.06. The number of benzene rings is 1. The highest BCUT2D eigenvalue weighted by Gasteiger charge is 2.42. The third-order valence-electron chi connectivity index (χ3n) is 4.47. The number of hydrogen-bond acceptors (Lipinski definition) is 7. The van der Waals surface area contributed by atoms with Crippen molar-refractivity contribution in [3.63, 3.8) is 0 Å². The van der Waals surface area contributed by atoms with Crippen LogP contribution in [0.4, 0.5) is 5.69 Å². The number of aliphatic imine (C=N–C) groups is 2. The van der Waals surface area contributed by atoms with Gasteiger partial charge in [0.25, 0.3) is 0 Å². The summed E-state index contributed by atoms with van der Waals surface area (Å²) < 4.78 is 5.08. The molecule has 2 aliphatic rings. The Morgan fingerprint density at radius 3 is 2.75 bits per heavy atom. The molecule has 0 atom stereocenters. The average Bonchev–Trinajstić information content (AvgIpc) is 2.55. The summed E-state index contributed by atoms with van der Waals surface area (Å²) in [5, 5.41) is 0. The topological polar surface area (TPSA) is 106 Å². The van der Waals surface area contributed by atoms with E-state index in [0.29, 0.717) is 18.1 Å². The van der Waals surface area contributed by atoms with Gasteiger partial charge in [-0.15, -0.1) is 0 Å². The second-order valence-corrected chi connectivity index (χ2v) is 6.09. The number of anilines is 1. The average molecular weight is 329 g/mol. The Bertz CT molecular complexity index is 692. The Hall–Kier alpha value is -2.57. The van der Waals surface area contributed by atoms with Crippen LogP contribution < -0.4 is 16.4 Å². The van der Waals surface area contributed by atoms with Gasteiger partial charge in [0.2, 0.25) is 11.9 Å². The molecule has 0 saturated heterocycles. The van der Waals surface area contributed by atoms with Crippen LogP contribution in [-0.2, 0) is 4.74 Å². The number of hydrogen-bond donors (Lipinski definition) is 2. The van der Waals surface area contributed by atoms with Crippen LogP contribution in [0.15, 0.2) is 34.3 Å². The zero-order valence-electron chi connectivity index (χ0n) is 13.9. The molecule has 0 aromatic heterocycles. The summed E-state index contributed by atoms with van der Waals surface area (Å²) in [6.07, 6.45) is 4.99. The zero-order chi connectivity index (χ0) is 17.2. The van der Waals surface area contributed by atoms with Gasteiger partial charge in [-0.3, -0.25) is 4.90 Å². The van der Waals surface area contributed by atoms with Gasteiger partial charge in [0, 0.05) is 5.69 Å². The molecule has 7 heteroatoms. The van der Waals surface area contributed by atoms with Crippen LogP contribution in [-0.4, -0.2) is 30.2 Å². The third-order valence-corrected chi connectivity index (χ3v) is 4.47. The molecular formula is C17H23N5O2. The summed E-state index contributed by atoms with van der Waals surface area (Å²) in [5.74, 6) is 0.171. The Kier molecular flexibility index (Phi) is 4.42. The molecule has 1 aliphatic heterocycles. The maximum atomic E-state index is 12.0. The van der Waals surface area contributed by atoms with Crippen molar-refractivity contribution in [3.05, 3.63) is 29.8 Å². The summed E-state index contributed by atoms with van der Waals surface area (Å²) in [7, 11) is 0. The lowest BCUT2D eigenvalue weighted by molar-refractivity contribution is 0.0526. The molecule has 0 radical (unpaired) electrons. The minimum Gasteiger partial charge on any atom is -0.462 e. The summed E-state index contributed by atoms with van der Waals surface area (Å²) in [5.41, 5.74) is 12.8. The fourth-order valence-corrected chi connectivity index (χ4v) is 3.48. The SMILES string of the molecule is CCOC(=O)c1cccc(N2C(N)=NC(N)=NC23CCCCC3)c1. The van der Waals surface area contributed by atoms with Gasteiger partial charge in [-0.25, -0.2) is 9.79 Å². The highest BCUT2D eigenvalue weighted by Crippen LogP contribution is 2.39. The monoisotopic (exact) mass is 329 g/mol. The smallest absolute Gasteiger partial charge is 0.338 e. The highest BCUT2D eigenvalue weighted by atomic mass is 16.5. The van der Waals surface area contributed by atoms with E-state index in [1.807, 2.05) is 17.0 Å². The predicted molar refractivity (Wildman–Crippen MR) is 93.9 cm³/mol. The van der Waals surface area contributed by atoms with Crippen molar-refractivity contribution in [1.29, 1.82) is 0 Å². The Balaban J connectivity index is 2.01. The molecule has 24 heavy (non-hydrogen) atoms. The number of carbonyl (C=O) groups is 1. The van der Waals surface area contributed by atoms with E-state index >= 15 is 0 Å². The molecule has 1 spiro atoms. The molecule has 1 heterocycles. The first-order chi connectivity index (χ1) is 11.6. The van der Waals surface area contributed by atoms with E-state index in [9.17, 15) is 4.79 Å². The molecule has 1 saturated carbocycles. The second kappa shape index (κ2) is 6.51. The second-order valence-electron chi connectivity index (χ2n) is 6.09. The summed E-state index contributed by atoms with van der Waals surface area (Å²) >= 11 is 0. The fraction of sp³-hybridized carbons (Fsp3) is 0.471. The lowest BCUT2D eigenvalue weighted by Crippen LogP contribution is -2.58. The van der Waals surface area contributed by atoms with Crippen molar-refractivity contribution in [2.24, 2.45) is 21.5 Å². The number of rotatable bonds is 3. The van der Waals surface area contributed by atoms with Crippen LogP contribution in [0.1, 0.15) is 49.4 Å². The summed E-state index contributed by atoms with van der Waals surface area (Å²) in [4.78, 5) is 22.7.